The van der Waals surface area contributed by atoms with Crippen LogP contribution in [0.15, 0.2) is 12.1 Å². The van der Waals surface area contributed by atoms with Crippen LogP contribution in [0.3, 0.4) is 0 Å². The van der Waals surface area contributed by atoms with Gasteiger partial charge < -0.3 is 11.5 Å². The number of rotatable bonds is 0. The molecule has 0 aliphatic carbocycles. The summed E-state index contributed by atoms with van der Waals surface area (Å²) in [6.45, 7) is 1.75. The van der Waals surface area contributed by atoms with Crippen LogP contribution >= 0.6 is 0 Å². The Bertz CT molecular complexity index is 320. The number of aromatic nitrogens is 1. The van der Waals surface area contributed by atoms with E-state index < -0.39 is 0 Å². The van der Waals surface area contributed by atoms with Crippen molar-refractivity contribution in [2.45, 2.75) is 6.92 Å². The highest BCUT2D eigenvalue weighted by Gasteiger charge is 1.95. The Labute approximate surface area is 65.4 Å². The summed E-state index contributed by atoms with van der Waals surface area (Å²) in [6, 6.07) is 3.43. The zero-order valence-corrected chi connectivity index (χ0v) is 6.26. The van der Waals surface area contributed by atoms with Crippen LogP contribution in [0.5, 0.6) is 0 Å². The van der Waals surface area contributed by atoms with Gasteiger partial charge in [-0.05, 0) is 19.1 Å². The van der Waals surface area contributed by atoms with E-state index in [0.717, 1.165) is 5.56 Å². The maximum absolute atomic E-state index is 5.51. The first kappa shape index (κ1) is 7.42. The first-order valence-electron chi connectivity index (χ1n) is 3.19. The van der Waals surface area contributed by atoms with E-state index in [0.29, 0.717) is 11.6 Å². The smallest absolute Gasteiger partial charge is 0.141 e. The van der Waals surface area contributed by atoms with E-state index in [9.17, 15) is 0 Å². The van der Waals surface area contributed by atoms with Gasteiger partial charge in [0.05, 0.1) is 5.56 Å². The molecule has 0 bridgehead atoms. The average Bonchev–Trinajstić information content (AvgIpc) is 1.95. The summed E-state index contributed by atoms with van der Waals surface area (Å²) < 4.78 is 0. The lowest BCUT2D eigenvalue weighted by molar-refractivity contribution is 1.33. The molecule has 0 radical (unpaired) electrons. The largest absolute Gasteiger partial charge is 0.384 e. The molecule has 3 heteroatoms. The lowest BCUT2D eigenvalue weighted by Crippen LogP contribution is -1.98. The summed E-state index contributed by atoms with van der Waals surface area (Å²) in [5, 5.41) is 0. The van der Waals surface area contributed by atoms with Crippen LogP contribution in [0, 0.1) is 11.8 Å². The molecule has 0 aromatic carbocycles. The topological polar surface area (TPSA) is 64.9 Å². The molecule has 1 heterocycles. The number of hydrogen-bond acceptors (Lipinski definition) is 3. The van der Waals surface area contributed by atoms with Gasteiger partial charge in [-0.1, -0.05) is 5.92 Å². The van der Waals surface area contributed by atoms with Crippen LogP contribution in [0.1, 0.15) is 12.5 Å². The first-order valence-corrected chi connectivity index (χ1v) is 3.19. The highest BCUT2D eigenvalue weighted by Crippen LogP contribution is 2.08. The van der Waals surface area contributed by atoms with Crippen molar-refractivity contribution in [1.82, 2.24) is 4.98 Å². The molecule has 1 aromatic rings. The third-order valence-electron chi connectivity index (χ3n) is 1.21. The minimum atomic E-state index is 0.388. The molecule has 0 unspecified atom stereocenters. The molecule has 1 rings (SSSR count). The molecular weight excluding hydrogens is 138 g/mol. The third-order valence-corrected chi connectivity index (χ3v) is 1.21. The molecule has 3 nitrogen and oxygen atoms in total. The van der Waals surface area contributed by atoms with Crippen molar-refractivity contribution >= 4 is 11.6 Å². The highest BCUT2D eigenvalue weighted by atomic mass is 14.9. The molecule has 0 aliphatic heterocycles. The maximum Gasteiger partial charge on any atom is 0.141 e. The van der Waals surface area contributed by atoms with Crippen molar-refractivity contribution in [2.75, 3.05) is 11.5 Å². The Morgan fingerprint density at radius 2 is 2.09 bits per heavy atom. The number of hydrogen-bond donors (Lipinski definition) is 2. The van der Waals surface area contributed by atoms with E-state index in [1.54, 1.807) is 19.1 Å². The maximum atomic E-state index is 5.51. The molecule has 0 amide bonds. The van der Waals surface area contributed by atoms with Crippen LogP contribution in [-0.4, -0.2) is 4.98 Å². The summed E-state index contributed by atoms with van der Waals surface area (Å²) in [5.74, 6) is 6.35. The second kappa shape index (κ2) is 2.93. The summed E-state index contributed by atoms with van der Waals surface area (Å²) in [5.41, 5.74) is 11.6. The fourth-order valence-electron chi connectivity index (χ4n) is 0.731. The van der Waals surface area contributed by atoms with Crippen molar-refractivity contribution < 1.29 is 0 Å². The monoisotopic (exact) mass is 147 g/mol. The van der Waals surface area contributed by atoms with Gasteiger partial charge >= 0.3 is 0 Å². The Kier molecular flexibility index (Phi) is 1.98. The van der Waals surface area contributed by atoms with E-state index in [4.69, 9.17) is 11.5 Å². The van der Waals surface area contributed by atoms with Crippen molar-refractivity contribution in [3.63, 3.8) is 0 Å². The van der Waals surface area contributed by atoms with Crippen LogP contribution in [0.4, 0.5) is 11.6 Å². The van der Waals surface area contributed by atoms with E-state index in [2.05, 4.69) is 16.8 Å². The zero-order valence-electron chi connectivity index (χ0n) is 6.26. The van der Waals surface area contributed by atoms with Crippen LogP contribution < -0.4 is 11.5 Å². The highest BCUT2D eigenvalue weighted by molar-refractivity contribution is 5.54. The van der Waals surface area contributed by atoms with Gasteiger partial charge in [0, 0.05) is 0 Å². The summed E-state index contributed by atoms with van der Waals surface area (Å²) in [7, 11) is 0. The standard InChI is InChI=1S/C8H9N3/c1-2-3-6-4-5-7(9)11-8(6)10/h4-5H,1H3,(H4,9,10,11). The Balaban J connectivity index is 3.16. The van der Waals surface area contributed by atoms with Gasteiger partial charge in [-0.15, -0.1) is 5.92 Å². The second-order valence-electron chi connectivity index (χ2n) is 2.04. The molecule has 1 aromatic heterocycles. The van der Waals surface area contributed by atoms with Crippen LogP contribution in [0.25, 0.3) is 0 Å². The van der Waals surface area contributed by atoms with Crippen molar-refractivity contribution in [3.8, 4) is 11.8 Å². The lowest BCUT2D eigenvalue weighted by Gasteiger charge is -1.96. The minimum Gasteiger partial charge on any atom is -0.384 e. The van der Waals surface area contributed by atoms with Gasteiger partial charge in [-0.2, -0.15) is 0 Å². The van der Waals surface area contributed by atoms with Crippen molar-refractivity contribution in [2.24, 2.45) is 0 Å². The van der Waals surface area contributed by atoms with Crippen molar-refractivity contribution in [3.05, 3.63) is 17.7 Å². The van der Waals surface area contributed by atoms with Gasteiger partial charge in [-0.25, -0.2) is 4.98 Å². The summed E-state index contributed by atoms with van der Waals surface area (Å²) >= 11 is 0. The number of nitrogens with two attached hydrogens (primary N) is 2. The van der Waals surface area contributed by atoms with E-state index in [1.807, 2.05) is 0 Å². The van der Waals surface area contributed by atoms with Crippen molar-refractivity contribution in [1.29, 1.82) is 0 Å². The number of nitrogens with zero attached hydrogens (tertiary/aromatic N) is 1. The lowest BCUT2D eigenvalue weighted by atomic mass is 10.2. The normalized spacial score (nSPS) is 8.45. The number of pyridine rings is 1. The molecule has 0 saturated carbocycles. The number of nitrogen functional groups attached to an aromatic ring is 2. The molecule has 0 atom stereocenters. The molecular formula is C8H9N3. The SMILES string of the molecule is CC#Cc1ccc(N)nc1N. The number of anilines is 2. The second-order valence-corrected chi connectivity index (χ2v) is 2.04. The molecule has 0 fully saturated rings. The van der Waals surface area contributed by atoms with E-state index >= 15 is 0 Å². The summed E-state index contributed by atoms with van der Waals surface area (Å²) in [4.78, 5) is 3.85. The van der Waals surface area contributed by atoms with E-state index in [1.165, 1.54) is 0 Å². The zero-order chi connectivity index (χ0) is 8.27. The van der Waals surface area contributed by atoms with Gasteiger partial charge in [-0.3, -0.25) is 0 Å². The predicted molar refractivity (Wildman–Crippen MR) is 45.6 cm³/mol. The average molecular weight is 147 g/mol. The Hall–Kier alpha value is -1.69. The fraction of sp³-hybridized carbons (Fsp3) is 0.125. The minimum absolute atomic E-state index is 0.388. The fourth-order valence-corrected chi connectivity index (χ4v) is 0.731. The quantitative estimate of drug-likeness (QED) is 0.528. The summed E-state index contributed by atoms with van der Waals surface area (Å²) in [6.07, 6.45) is 0. The molecule has 0 spiro atoms. The molecule has 56 valence electrons. The Morgan fingerprint density at radius 1 is 1.36 bits per heavy atom. The van der Waals surface area contributed by atoms with Gasteiger partial charge in [0.15, 0.2) is 0 Å². The van der Waals surface area contributed by atoms with E-state index in [-0.39, 0.29) is 0 Å². The predicted octanol–water partition coefficient (Wildman–Crippen LogP) is 0.617. The molecule has 0 saturated heterocycles. The van der Waals surface area contributed by atoms with Crippen LogP contribution in [-0.2, 0) is 0 Å². The third kappa shape index (κ3) is 1.62. The van der Waals surface area contributed by atoms with Gasteiger partial charge in [0.2, 0.25) is 0 Å². The Morgan fingerprint density at radius 3 is 2.64 bits per heavy atom. The molecule has 4 N–H and O–H groups in total. The molecule has 11 heavy (non-hydrogen) atoms. The first-order chi connectivity index (χ1) is 5.24. The van der Waals surface area contributed by atoms with Gasteiger partial charge in [0.25, 0.3) is 0 Å². The van der Waals surface area contributed by atoms with Gasteiger partial charge in [0.1, 0.15) is 11.6 Å². The molecule has 0 aliphatic rings. The van der Waals surface area contributed by atoms with Crippen LogP contribution in [0.2, 0.25) is 0 Å².